The molecule has 8 nitrogen and oxygen atoms in total. The van der Waals surface area contributed by atoms with Crippen molar-refractivity contribution in [3.8, 4) is 17.5 Å². The number of benzene rings is 3. The number of aromatic amines is 1. The lowest BCUT2D eigenvalue weighted by molar-refractivity contribution is -0.118. The first-order valence-electron chi connectivity index (χ1n) is 13.2. The third-order valence-electron chi connectivity index (χ3n) is 7.47. The summed E-state index contributed by atoms with van der Waals surface area (Å²) in [6.45, 7) is 5.92. The Labute approximate surface area is 251 Å². The number of H-pyrrole nitrogens is 1. The largest absolute Gasteiger partial charge is 0.325 e. The number of nitrogens with zero attached hydrogens (tertiary/aromatic N) is 4. The fraction of sp³-hybridized carbons (Fsp3) is 0.300. The summed E-state index contributed by atoms with van der Waals surface area (Å²) >= 11 is 12.3. The van der Waals surface area contributed by atoms with E-state index in [-0.39, 0.29) is 26.6 Å². The molecule has 0 saturated carbocycles. The predicted molar refractivity (Wildman–Crippen MR) is 156 cm³/mol. The molecule has 1 aromatic heterocycles. The Kier molecular flexibility index (Phi) is 8.03. The van der Waals surface area contributed by atoms with Gasteiger partial charge in [-0.2, -0.15) is 10.5 Å². The van der Waals surface area contributed by atoms with E-state index in [1.807, 2.05) is 20.8 Å². The number of carbonyl (C=O) groups excluding carboxylic acids is 1. The van der Waals surface area contributed by atoms with E-state index in [1.54, 1.807) is 30.3 Å². The lowest BCUT2D eigenvalue weighted by atomic mass is 9.62. The van der Waals surface area contributed by atoms with Crippen LogP contribution in [0.1, 0.15) is 44.2 Å². The number of nitriles is 1. The van der Waals surface area contributed by atoms with E-state index in [9.17, 15) is 10.1 Å². The summed E-state index contributed by atoms with van der Waals surface area (Å²) in [5, 5.41) is 31.0. The second kappa shape index (κ2) is 11.4. The van der Waals surface area contributed by atoms with Gasteiger partial charge in [-0.05, 0) is 52.9 Å². The summed E-state index contributed by atoms with van der Waals surface area (Å²) < 4.78 is 31.6. The molecule has 0 spiro atoms. The second-order valence-electron chi connectivity index (χ2n) is 11.5. The molecule has 42 heavy (non-hydrogen) atoms. The van der Waals surface area contributed by atoms with Crippen molar-refractivity contribution < 1.29 is 13.6 Å². The monoisotopic (exact) mass is 609 g/mol. The Balaban J connectivity index is 1.67. The van der Waals surface area contributed by atoms with Crippen LogP contribution in [0.15, 0.2) is 60.7 Å². The molecule has 1 aliphatic rings. The summed E-state index contributed by atoms with van der Waals surface area (Å²) in [4.78, 5) is 14.1. The summed E-state index contributed by atoms with van der Waals surface area (Å²) in [5.74, 6) is -2.91. The molecule has 1 saturated heterocycles. The average Bonchev–Trinajstić information content (AvgIpc) is 3.57. The zero-order chi connectivity index (χ0) is 30.2. The summed E-state index contributed by atoms with van der Waals surface area (Å²) in [6.07, 6.45) is 0.360. The van der Waals surface area contributed by atoms with Crippen LogP contribution in [0.2, 0.25) is 10.0 Å². The molecule has 1 aliphatic heterocycles. The molecule has 0 bridgehead atoms. The Hall–Kier alpha value is -3.91. The van der Waals surface area contributed by atoms with Crippen LogP contribution in [0.5, 0.6) is 0 Å². The molecule has 5 rings (SSSR count). The van der Waals surface area contributed by atoms with Gasteiger partial charge in [0.25, 0.3) is 0 Å². The van der Waals surface area contributed by atoms with Gasteiger partial charge < -0.3 is 10.6 Å². The smallest absolute Gasteiger partial charge is 0.242 e. The highest BCUT2D eigenvalue weighted by atomic mass is 35.5. The highest BCUT2D eigenvalue weighted by molar-refractivity contribution is 6.31. The van der Waals surface area contributed by atoms with Gasteiger partial charge in [0.05, 0.1) is 17.1 Å². The molecular formula is C30H27Cl2F2N7O. The lowest BCUT2D eigenvalue weighted by Crippen LogP contribution is -2.45. The number of hydrogen-bond donors (Lipinski definition) is 3. The first-order chi connectivity index (χ1) is 19.9. The van der Waals surface area contributed by atoms with Crippen molar-refractivity contribution in [1.29, 1.82) is 5.26 Å². The molecule has 1 amide bonds. The quantitative estimate of drug-likeness (QED) is 0.232. The highest BCUT2D eigenvalue weighted by Crippen LogP contribution is 2.52. The number of nitrogens with one attached hydrogen (secondary N) is 3. The summed E-state index contributed by atoms with van der Waals surface area (Å²) in [5.41, 5.74) is -1.04. The van der Waals surface area contributed by atoms with E-state index in [1.165, 1.54) is 24.3 Å². The van der Waals surface area contributed by atoms with E-state index >= 15 is 8.78 Å². The molecule has 4 atom stereocenters. The molecule has 2 heterocycles. The molecule has 1 fully saturated rings. The van der Waals surface area contributed by atoms with Crippen molar-refractivity contribution in [2.75, 3.05) is 5.32 Å². The molecular weight excluding hydrogens is 583 g/mol. The van der Waals surface area contributed by atoms with Crippen LogP contribution >= 0.6 is 23.2 Å². The van der Waals surface area contributed by atoms with Gasteiger partial charge in [0.15, 0.2) is 0 Å². The minimum Gasteiger partial charge on any atom is -0.325 e. The van der Waals surface area contributed by atoms with Crippen LogP contribution in [0.25, 0.3) is 11.4 Å². The maximum atomic E-state index is 15.8. The minimum atomic E-state index is -1.72. The van der Waals surface area contributed by atoms with Gasteiger partial charge in [-0.25, -0.2) is 8.78 Å². The van der Waals surface area contributed by atoms with Crippen molar-refractivity contribution in [1.82, 2.24) is 25.9 Å². The predicted octanol–water partition coefficient (Wildman–Crippen LogP) is 6.41. The van der Waals surface area contributed by atoms with Crippen molar-refractivity contribution in [2.45, 2.75) is 50.6 Å². The molecule has 0 aliphatic carbocycles. The summed E-state index contributed by atoms with van der Waals surface area (Å²) in [6, 6.07) is 15.6. The van der Waals surface area contributed by atoms with E-state index in [4.69, 9.17) is 23.2 Å². The van der Waals surface area contributed by atoms with Crippen LogP contribution in [0, 0.1) is 28.4 Å². The highest BCUT2D eigenvalue weighted by Gasteiger charge is 2.61. The topological polar surface area (TPSA) is 119 Å². The molecule has 4 aromatic rings. The van der Waals surface area contributed by atoms with Crippen LogP contribution in [0.3, 0.4) is 0 Å². The number of anilines is 1. The maximum Gasteiger partial charge on any atom is 0.242 e. The first-order valence-corrected chi connectivity index (χ1v) is 13.9. The zero-order valence-corrected chi connectivity index (χ0v) is 24.4. The van der Waals surface area contributed by atoms with Crippen LogP contribution in [-0.4, -0.2) is 38.6 Å². The number of tetrazole rings is 1. The van der Waals surface area contributed by atoms with Crippen LogP contribution < -0.4 is 10.6 Å². The van der Waals surface area contributed by atoms with Crippen molar-refractivity contribution >= 4 is 34.8 Å². The Morgan fingerprint density at radius 2 is 1.88 bits per heavy atom. The first kappa shape index (κ1) is 29.6. The summed E-state index contributed by atoms with van der Waals surface area (Å²) in [7, 11) is 0. The van der Waals surface area contributed by atoms with Gasteiger partial charge in [-0.1, -0.05) is 74.3 Å². The van der Waals surface area contributed by atoms with Gasteiger partial charge in [-0.3, -0.25) is 4.79 Å². The second-order valence-corrected chi connectivity index (χ2v) is 12.3. The third kappa shape index (κ3) is 5.48. The molecule has 0 radical (unpaired) electrons. The number of rotatable bonds is 6. The van der Waals surface area contributed by atoms with Gasteiger partial charge in [0, 0.05) is 33.8 Å². The van der Waals surface area contributed by atoms with Crippen molar-refractivity contribution in [3.05, 3.63) is 93.5 Å². The number of halogens is 4. The lowest BCUT2D eigenvalue weighted by Gasteiger charge is -2.37. The van der Waals surface area contributed by atoms with Crippen LogP contribution in [-0.2, 0) is 10.2 Å². The fourth-order valence-electron chi connectivity index (χ4n) is 5.80. The SMILES string of the molecule is CC(C)(C)CC1NC(C(=O)Nc2cccc(-c3nn[nH]n3)c2)C(c2cccc(Cl)c2F)C1(C#N)c1ccc(Cl)cc1F. The zero-order valence-electron chi connectivity index (χ0n) is 22.9. The average molecular weight is 610 g/mol. The minimum absolute atomic E-state index is 0.00919. The Bertz CT molecular complexity index is 1670. The standard InChI is InChI=1S/C30H27Cl2F2N7O/c1-29(2,3)14-23-30(15-35,20-11-10-17(31)13-22(20)33)24(19-8-5-9-21(32)25(19)34)26(37-23)28(42)36-18-7-4-6-16(12-18)27-38-40-41-39-27/h4-13,23-24,26,37H,14H2,1-3H3,(H,36,42)(H,38,39,40,41). The number of carbonyl (C=O) groups is 1. The van der Waals surface area contributed by atoms with Crippen LogP contribution in [0.4, 0.5) is 14.5 Å². The van der Waals surface area contributed by atoms with E-state index < -0.39 is 41.0 Å². The molecule has 3 N–H and O–H groups in total. The van der Waals surface area contributed by atoms with E-state index in [2.05, 4.69) is 37.3 Å². The van der Waals surface area contributed by atoms with Gasteiger partial charge in [0.2, 0.25) is 11.7 Å². The molecule has 12 heteroatoms. The maximum absolute atomic E-state index is 15.8. The normalized spacial score (nSPS) is 22.1. The van der Waals surface area contributed by atoms with E-state index in [0.717, 1.165) is 6.07 Å². The van der Waals surface area contributed by atoms with Gasteiger partial charge in [-0.15, -0.1) is 10.2 Å². The van der Waals surface area contributed by atoms with Crippen molar-refractivity contribution in [2.24, 2.45) is 5.41 Å². The Morgan fingerprint density at radius 3 is 2.55 bits per heavy atom. The molecule has 216 valence electrons. The van der Waals surface area contributed by atoms with Gasteiger partial charge in [0.1, 0.15) is 17.0 Å². The fourth-order valence-corrected chi connectivity index (χ4v) is 6.14. The van der Waals surface area contributed by atoms with E-state index in [0.29, 0.717) is 23.5 Å². The molecule has 4 unspecified atom stereocenters. The van der Waals surface area contributed by atoms with Gasteiger partial charge >= 0.3 is 0 Å². The third-order valence-corrected chi connectivity index (χ3v) is 7.99. The van der Waals surface area contributed by atoms with Crippen molar-refractivity contribution in [3.63, 3.8) is 0 Å². The number of amides is 1. The molecule has 3 aromatic carbocycles. The number of hydrogen-bond acceptors (Lipinski definition) is 6. The number of aromatic nitrogens is 4. The Morgan fingerprint density at radius 1 is 1.12 bits per heavy atom.